The van der Waals surface area contributed by atoms with Crippen molar-refractivity contribution in [2.45, 2.75) is 49.9 Å². The molecule has 2 aromatic rings. The van der Waals surface area contributed by atoms with E-state index in [1.807, 2.05) is 0 Å². The van der Waals surface area contributed by atoms with Crippen molar-refractivity contribution in [3.63, 3.8) is 0 Å². The average molecular weight is 557 g/mol. The van der Waals surface area contributed by atoms with Crippen LogP contribution >= 0.6 is 0 Å². The van der Waals surface area contributed by atoms with Gasteiger partial charge in [0.1, 0.15) is 23.9 Å². The number of hydrogen-bond acceptors (Lipinski definition) is 8. The molecule has 11 N–H and O–H groups in total. The average Bonchev–Trinajstić information content (AvgIpc) is 2.88. The van der Waals surface area contributed by atoms with E-state index in [4.69, 9.17) is 17.2 Å². The molecule has 4 unspecified atom stereocenters. The van der Waals surface area contributed by atoms with Gasteiger partial charge in [-0.25, -0.2) is 4.79 Å². The quantitative estimate of drug-likeness (QED) is 0.118. The lowest BCUT2D eigenvalue weighted by molar-refractivity contribution is -0.142. The lowest BCUT2D eigenvalue weighted by Gasteiger charge is -2.24. The standard InChI is InChI=1S/C26H32N6O8/c27-17(10-15-6-8-16(33)9-7-15)23(36)30-18(12-21(28)34)24(37)31-19(13-22(29)35)25(38)32-20(26(39)40)11-14-4-2-1-3-5-14/h1-9,17-20,33H,10-13,27H2,(H2,28,34)(H2,29,35)(H,30,36)(H,31,37)(H,32,38)(H,39,40). The predicted octanol–water partition coefficient (Wildman–Crippen LogP) is -2.21. The van der Waals surface area contributed by atoms with Gasteiger partial charge in [-0.3, -0.25) is 24.0 Å². The summed E-state index contributed by atoms with van der Waals surface area (Å²) in [5.74, 6) is -6.19. The van der Waals surface area contributed by atoms with Crippen LogP contribution in [0.2, 0.25) is 0 Å². The Balaban J connectivity index is 2.13. The zero-order valence-electron chi connectivity index (χ0n) is 21.4. The molecule has 14 heteroatoms. The smallest absolute Gasteiger partial charge is 0.326 e. The summed E-state index contributed by atoms with van der Waals surface area (Å²) in [6, 6.07) is 8.58. The fraction of sp³-hybridized carbons (Fsp3) is 0.308. The van der Waals surface area contributed by atoms with Gasteiger partial charge in [-0.1, -0.05) is 42.5 Å². The highest BCUT2D eigenvalue weighted by atomic mass is 16.4. The van der Waals surface area contributed by atoms with E-state index in [1.54, 1.807) is 42.5 Å². The van der Waals surface area contributed by atoms with Crippen LogP contribution in [0.25, 0.3) is 0 Å². The van der Waals surface area contributed by atoms with Crippen molar-refractivity contribution in [3.05, 3.63) is 65.7 Å². The van der Waals surface area contributed by atoms with Crippen molar-refractivity contribution in [1.82, 2.24) is 16.0 Å². The summed E-state index contributed by atoms with van der Waals surface area (Å²) in [6.07, 6.45) is -1.42. The van der Waals surface area contributed by atoms with Crippen molar-refractivity contribution in [2.75, 3.05) is 0 Å². The summed E-state index contributed by atoms with van der Waals surface area (Å²) in [4.78, 5) is 73.5. The second-order valence-corrected chi connectivity index (χ2v) is 9.03. The number of amides is 5. The van der Waals surface area contributed by atoms with Crippen molar-refractivity contribution in [2.24, 2.45) is 17.2 Å². The maximum Gasteiger partial charge on any atom is 0.326 e. The molecule has 0 spiro atoms. The summed E-state index contributed by atoms with van der Waals surface area (Å²) < 4.78 is 0. The molecule has 14 nitrogen and oxygen atoms in total. The van der Waals surface area contributed by atoms with Crippen molar-refractivity contribution in [1.29, 1.82) is 0 Å². The van der Waals surface area contributed by atoms with Crippen LogP contribution in [0.3, 0.4) is 0 Å². The number of hydrogen-bond donors (Lipinski definition) is 8. The number of phenolic OH excluding ortho intramolecular Hbond substituents is 1. The van der Waals surface area contributed by atoms with Crippen LogP contribution < -0.4 is 33.2 Å². The number of nitrogens with two attached hydrogens (primary N) is 3. The van der Waals surface area contributed by atoms with Crippen LogP contribution in [0.15, 0.2) is 54.6 Å². The van der Waals surface area contributed by atoms with E-state index < -0.39 is 72.5 Å². The van der Waals surface area contributed by atoms with Crippen LogP contribution in [0, 0.1) is 0 Å². The van der Waals surface area contributed by atoms with Gasteiger partial charge >= 0.3 is 5.97 Å². The number of nitrogens with one attached hydrogen (secondary N) is 3. The van der Waals surface area contributed by atoms with E-state index in [0.717, 1.165) is 0 Å². The molecule has 0 aliphatic carbocycles. The van der Waals surface area contributed by atoms with Crippen molar-refractivity contribution >= 4 is 35.5 Å². The molecule has 214 valence electrons. The van der Waals surface area contributed by atoms with E-state index in [9.17, 15) is 39.0 Å². The fourth-order valence-corrected chi connectivity index (χ4v) is 3.67. The lowest BCUT2D eigenvalue weighted by Crippen LogP contribution is -2.58. The van der Waals surface area contributed by atoms with Crippen LogP contribution in [0.5, 0.6) is 5.75 Å². The maximum absolute atomic E-state index is 13.0. The summed E-state index contributed by atoms with van der Waals surface area (Å²) in [7, 11) is 0. The van der Waals surface area contributed by atoms with Crippen molar-refractivity contribution in [3.8, 4) is 5.75 Å². The van der Waals surface area contributed by atoms with Gasteiger partial charge < -0.3 is 43.4 Å². The molecule has 0 aliphatic rings. The summed E-state index contributed by atoms with van der Waals surface area (Å²) in [5.41, 5.74) is 17.6. The van der Waals surface area contributed by atoms with E-state index >= 15 is 0 Å². The molecule has 0 heterocycles. The highest BCUT2D eigenvalue weighted by molar-refractivity contribution is 5.97. The Kier molecular flexibility index (Phi) is 11.6. The number of phenols is 1. The monoisotopic (exact) mass is 556 g/mol. The Morgan fingerprint density at radius 3 is 1.57 bits per heavy atom. The number of carbonyl (C=O) groups excluding carboxylic acids is 5. The number of aliphatic carboxylic acids is 1. The third-order valence-corrected chi connectivity index (χ3v) is 5.70. The second kappa shape index (κ2) is 14.8. The van der Waals surface area contributed by atoms with Gasteiger partial charge in [0.15, 0.2) is 0 Å². The molecule has 4 atom stereocenters. The Bertz CT molecular complexity index is 1220. The molecule has 0 radical (unpaired) electrons. The number of aromatic hydroxyl groups is 1. The summed E-state index contributed by atoms with van der Waals surface area (Å²) in [6.45, 7) is 0. The van der Waals surface area contributed by atoms with Crippen molar-refractivity contribution < 1.29 is 39.0 Å². The predicted molar refractivity (Wildman–Crippen MR) is 141 cm³/mol. The zero-order chi connectivity index (χ0) is 29.8. The molecule has 0 aromatic heterocycles. The minimum atomic E-state index is -1.62. The van der Waals surface area contributed by atoms with Gasteiger partial charge in [-0.05, 0) is 29.7 Å². The number of carboxylic acids is 1. The molecule has 0 bridgehead atoms. The number of rotatable bonds is 15. The van der Waals surface area contributed by atoms with Crippen LogP contribution in [0.4, 0.5) is 0 Å². The van der Waals surface area contributed by atoms with Gasteiger partial charge in [0.25, 0.3) is 0 Å². The van der Waals surface area contributed by atoms with Gasteiger partial charge in [-0.15, -0.1) is 0 Å². The first-order valence-electron chi connectivity index (χ1n) is 12.1. The van der Waals surface area contributed by atoms with E-state index in [-0.39, 0.29) is 18.6 Å². The Labute approximate surface area is 229 Å². The molecule has 40 heavy (non-hydrogen) atoms. The minimum Gasteiger partial charge on any atom is -0.508 e. The fourth-order valence-electron chi connectivity index (χ4n) is 3.67. The van der Waals surface area contributed by atoms with Gasteiger partial charge in [0, 0.05) is 6.42 Å². The van der Waals surface area contributed by atoms with Gasteiger partial charge in [-0.2, -0.15) is 0 Å². The van der Waals surface area contributed by atoms with E-state index in [2.05, 4.69) is 16.0 Å². The third kappa shape index (κ3) is 10.4. The molecular formula is C26H32N6O8. The highest BCUT2D eigenvalue weighted by Crippen LogP contribution is 2.11. The number of primary amides is 2. The Morgan fingerprint density at radius 1 is 0.650 bits per heavy atom. The van der Waals surface area contributed by atoms with E-state index in [1.165, 1.54) is 12.1 Å². The molecular weight excluding hydrogens is 524 g/mol. The zero-order valence-corrected chi connectivity index (χ0v) is 21.4. The van der Waals surface area contributed by atoms with Gasteiger partial charge in [0.2, 0.25) is 29.5 Å². The second-order valence-electron chi connectivity index (χ2n) is 9.03. The molecule has 0 saturated carbocycles. The SMILES string of the molecule is NC(=O)CC(NC(=O)C(N)Cc1ccc(O)cc1)C(=O)NC(CC(N)=O)C(=O)NC(Cc1ccccc1)C(=O)O. The Morgan fingerprint density at radius 2 is 1.10 bits per heavy atom. The van der Waals surface area contributed by atoms with Crippen LogP contribution in [-0.4, -0.2) is 69.9 Å². The molecule has 0 saturated heterocycles. The maximum atomic E-state index is 13.0. The normalized spacial score (nSPS) is 13.6. The number of benzene rings is 2. The summed E-state index contributed by atoms with van der Waals surface area (Å²) >= 11 is 0. The molecule has 5 amide bonds. The third-order valence-electron chi connectivity index (χ3n) is 5.70. The number of carboxylic acid groups (broad SMARTS) is 1. The molecule has 0 aliphatic heterocycles. The first kappa shape index (κ1) is 31.2. The molecule has 2 rings (SSSR count). The Hall–Kier alpha value is -4.98. The highest BCUT2D eigenvalue weighted by Gasteiger charge is 2.32. The van der Waals surface area contributed by atoms with Crippen LogP contribution in [-0.2, 0) is 41.6 Å². The van der Waals surface area contributed by atoms with E-state index in [0.29, 0.717) is 11.1 Å². The first-order valence-corrected chi connectivity index (χ1v) is 12.1. The topological polar surface area (TPSA) is 257 Å². The largest absolute Gasteiger partial charge is 0.508 e. The minimum absolute atomic E-state index is 0.0178. The first-order chi connectivity index (χ1) is 18.8. The van der Waals surface area contributed by atoms with Gasteiger partial charge in [0.05, 0.1) is 18.9 Å². The van der Waals surface area contributed by atoms with Crippen LogP contribution in [0.1, 0.15) is 24.0 Å². The number of carbonyl (C=O) groups is 6. The lowest BCUT2D eigenvalue weighted by atomic mass is 10.0. The summed E-state index contributed by atoms with van der Waals surface area (Å²) in [5, 5.41) is 25.8. The molecule has 0 fully saturated rings. The molecule has 2 aromatic carbocycles.